The number of hydrogen-bond acceptors (Lipinski definition) is 8. The fourth-order valence-electron chi connectivity index (χ4n) is 1.85. The summed E-state index contributed by atoms with van der Waals surface area (Å²) in [6.45, 7) is 1.45. The zero-order valence-corrected chi connectivity index (χ0v) is 14.2. The molecule has 9 heteroatoms. The number of rotatable bonds is 9. The number of aromatic amines is 1. The Labute approximate surface area is 147 Å². The van der Waals surface area contributed by atoms with Crippen molar-refractivity contribution in [2.75, 3.05) is 6.61 Å². The van der Waals surface area contributed by atoms with Crippen molar-refractivity contribution in [3.63, 3.8) is 0 Å². The molecule has 25 heavy (non-hydrogen) atoms. The summed E-state index contributed by atoms with van der Waals surface area (Å²) >= 11 is 0.885. The van der Waals surface area contributed by atoms with Crippen molar-refractivity contribution in [1.29, 1.82) is 0 Å². The van der Waals surface area contributed by atoms with Gasteiger partial charge < -0.3 is 24.5 Å². The van der Waals surface area contributed by atoms with Crippen molar-refractivity contribution in [3.05, 3.63) is 40.6 Å². The van der Waals surface area contributed by atoms with Gasteiger partial charge in [0.25, 0.3) is 0 Å². The van der Waals surface area contributed by atoms with Crippen LogP contribution in [0.5, 0.6) is 5.75 Å². The topological polar surface area (TPSA) is 131 Å². The molecule has 2 aromatic rings. The van der Waals surface area contributed by atoms with Gasteiger partial charge >= 0.3 is 0 Å². The standard InChI is InChI=1S/C16H17N3O5S/c1-2-3-13-17-16(19-18-13)25-12(15(22)23)8-10-4-6-11(7-5-10)24-9-14(20)21/h4-8H,2-3,9H2,1H3,(H,20,21)(H,22,23)(H,17,18,19)/p-2/b12-8-. The second-order valence-corrected chi connectivity index (χ2v) is 5.95. The summed E-state index contributed by atoms with van der Waals surface area (Å²) in [5.41, 5.74) is 0.580. The molecule has 0 amide bonds. The SMILES string of the molecule is CCCc1nc(S/C(=C\c2ccc(OCC(=O)[O-])cc2)C(=O)[O-])n[nH]1. The van der Waals surface area contributed by atoms with Gasteiger partial charge in [0.15, 0.2) is 0 Å². The van der Waals surface area contributed by atoms with Crippen molar-refractivity contribution < 1.29 is 24.5 Å². The number of aryl methyl sites for hydroxylation is 1. The van der Waals surface area contributed by atoms with Crippen LogP contribution in [0.15, 0.2) is 34.3 Å². The highest BCUT2D eigenvalue weighted by molar-refractivity contribution is 8.04. The Kier molecular flexibility index (Phi) is 6.58. The molecule has 2 rings (SSSR count). The van der Waals surface area contributed by atoms with Crippen LogP contribution in [0.2, 0.25) is 0 Å². The number of carboxylic acids is 2. The van der Waals surface area contributed by atoms with E-state index in [1.807, 2.05) is 6.92 Å². The summed E-state index contributed by atoms with van der Waals surface area (Å²) in [5.74, 6) is -1.64. The zero-order valence-electron chi connectivity index (χ0n) is 13.4. The highest BCUT2D eigenvalue weighted by Gasteiger charge is 2.08. The minimum absolute atomic E-state index is 0.0505. The van der Waals surface area contributed by atoms with E-state index in [4.69, 9.17) is 4.74 Å². The fourth-order valence-corrected chi connectivity index (χ4v) is 2.58. The fraction of sp³-hybridized carbons (Fsp3) is 0.250. The maximum atomic E-state index is 11.3. The van der Waals surface area contributed by atoms with Gasteiger partial charge in [-0.15, -0.1) is 5.10 Å². The number of ether oxygens (including phenoxy) is 1. The summed E-state index contributed by atoms with van der Waals surface area (Å²) in [4.78, 5) is 25.8. The van der Waals surface area contributed by atoms with E-state index in [9.17, 15) is 19.8 Å². The normalized spacial score (nSPS) is 11.3. The molecule has 1 aromatic carbocycles. The summed E-state index contributed by atoms with van der Waals surface area (Å²) in [6, 6.07) is 6.24. The number of benzene rings is 1. The molecule has 0 aliphatic heterocycles. The zero-order chi connectivity index (χ0) is 18.2. The van der Waals surface area contributed by atoms with E-state index in [0.29, 0.717) is 22.3 Å². The van der Waals surface area contributed by atoms with Crippen LogP contribution >= 0.6 is 11.8 Å². The van der Waals surface area contributed by atoms with Gasteiger partial charge in [-0.05, 0) is 42.0 Å². The van der Waals surface area contributed by atoms with E-state index >= 15 is 0 Å². The molecule has 8 nitrogen and oxygen atoms in total. The minimum Gasteiger partial charge on any atom is -0.546 e. The van der Waals surface area contributed by atoms with Crippen molar-refractivity contribution in [2.24, 2.45) is 0 Å². The molecule has 0 aliphatic carbocycles. The van der Waals surface area contributed by atoms with Crippen LogP contribution in [0.25, 0.3) is 6.08 Å². The monoisotopic (exact) mass is 361 g/mol. The second-order valence-electron chi connectivity index (χ2n) is 4.94. The Morgan fingerprint density at radius 1 is 1.28 bits per heavy atom. The average molecular weight is 361 g/mol. The lowest BCUT2D eigenvalue weighted by Gasteiger charge is -2.08. The summed E-state index contributed by atoms with van der Waals surface area (Å²) in [5, 5.41) is 28.7. The highest BCUT2D eigenvalue weighted by atomic mass is 32.2. The summed E-state index contributed by atoms with van der Waals surface area (Å²) in [6.07, 6.45) is 3.04. The van der Waals surface area contributed by atoms with Gasteiger partial charge in [0, 0.05) is 11.3 Å². The van der Waals surface area contributed by atoms with Crippen LogP contribution in [0.4, 0.5) is 0 Å². The van der Waals surface area contributed by atoms with Crippen LogP contribution in [-0.4, -0.2) is 33.7 Å². The maximum Gasteiger partial charge on any atom is 0.213 e. The van der Waals surface area contributed by atoms with E-state index in [0.717, 1.165) is 24.6 Å². The Bertz CT molecular complexity index is 770. The predicted molar refractivity (Wildman–Crippen MR) is 86.2 cm³/mol. The van der Waals surface area contributed by atoms with Crippen LogP contribution in [0.3, 0.4) is 0 Å². The van der Waals surface area contributed by atoms with E-state index in [1.54, 1.807) is 12.1 Å². The van der Waals surface area contributed by atoms with Crippen molar-refractivity contribution in [3.8, 4) is 5.75 Å². The number of carbonyl (C=O) groups is 2. The van der Waals surface area contributed by atoms with Crippen molar-refractivity contribution in [1.82, 2.24) is 15.2 Å². The lowest BCUT2D eigenvalue weighted by molar-refractivity contribution is -0.307. The van der Waals surface area contributed by atoms with Gasteiger partial charge in [-0.1, -0.05) is 19.1 Å². The van der Waals surface area contributed by atoms with Crippen LogP contribution in [0, 0.1) is 0 Å². The first-order valence-corrected chi connectivity index (χ1v) is 8.24. The van der Waals surface area contributed by atoms with Gasteiger partial charge in [0.05, 0.1) is 11.9 Å². The molecule has 0 bridgehead atoms. The van der Waals surface area contributed by atoms with E-state index < -0.39 is 18.5 Å². The third-order valence-corrected chi connectivity index (χ3v) is 3.80. The van der Waals surface area contributed by atoms with Gasteiger partial charge in [-0.2, -0.15) is 0 Å². The Balaban J connectivity index is 2.10. The smallest absolute Gasteiger partial charge is 0.213 e. The number of thioether (sulfide) groups is 1. The molecule has 1 N–H and O–H groups in total. The minimum atomic E-state index is -1.34. The molecule has 0 aliphatic rings. The van der Waals surface area contributed by atoms with E-state index in [1.165, 1.54) is 18.2 Å². The first-order valence-electron chi connectivity index (χ1n) is 7.42. The molecular weight excluding hydrogens is 346 g/mol. The number of carboxylic acid groups (broad SMARTS) is 2. The van der Waals surface area contributed by atoms with E-state index in [-0.39, 0.29) is 4.91 Å². The summed E-state index contributed by atoms with van der Waals surface area (Å²) < 4.78 is 4.96. The molecule has 1 heterocycles. The van der Waals surface area contributed by atoms with Crippen LogP contribution in [-0.2, 0) is 16.0 Å². The quantitative estimate of drug-likeness (QED) is 0.478. The molecule has 0 saturated heterocycles. The number of aliphatic carboxylic acids is 2. The van der Waals surface area contributed by atoms with Gasteiger partial charge in [-0.3, -0.25) is 5.10 Å². The van der Waals surface area contributed by atoms with Crippen molar-refractivity contribution in [2.45, 2.75) is 24.9 Å². The molecule has 0 saturated carbocycles. The van der Waals surface area contributed by atoms with Gasteiger partial charge in [-0.25, -0.2) is 4.98 Å². The van der Waals surface area contributed by atoms with Gasteiger partial charge in [0.2, 0.25) is 5.16 Å². The first-order chi connectivity index (χ1) is 12.0. The molecule has 0 radical (unpaired) electrons. The summed E-state index contributed by atoms with van der Waals surface area (Å²) in [7, 11) is 0. The lowest BCUT2D eigenvalue weighted by atomic mass is 10.2. The number of carbonyl (C=O) groups excluding carboxylic acids is 2. The third kappa shape index (κ3) is 5.96. The Hall–Kier alpha value is -2.81. The molecule has 0 spiro atoms. The van der Waals surface area contributed by atoms with Crippen LogP contribution in [0.1, 0.15) is 24.7 Å². The Morgan fingerprint density at radius 2 is 2.00 bits per heavy atom. The number of nitrogens with zero attached hydrogens (tertiary/aromatic N) is 2. The van der Waals surface area contributed by atoms with E-state index in [2.05, 4.69) is 15.2 Å². The average Bonchev–Trinajstić information content (AvgIpc) is 3.01. The number of aromatic nitrogens is 3. The number of hydrogen-bond donors (Lipinski definition) is 1. The molecule has 1 aromatic heterocycles. The third-order valence-electron chi connectivity index (χ3n) is 2.93. The number of H-pyrrole nitrogens is 1. The van der Waals surface area contributed by atoms with Gasteiger partial charge in [0.1, 0.15) is 18.2 Å². The Morgan fingerprint density at radius 3 is 2.60 bits per heavy atom. The highest BCUT2D eigenvalue weighted by Crippen LogP contribution is 2.25. The van der Waals surface area contributed by atoms with Crippen LogP contribution < -0.4 is 14.9 Å². The van der Waals surface area contributed by atoms with Crippen molar-refractivity contribution >= 4 is 29.8 Å². The second kappa shape index (κ2) is 8.88. The molecule has 0 fully saturated rings. The lowest BCUT2D eigenvalue weighted by Crippen LogP contribution is -2.28. The predicted octanol–water partition coefficient (Wildman–Crippen LogP) is -0.231. The molecular formula is C16H15N3O5S-2. The molecule has 132 valence electrons. The number of nitrogens with one attached hydrogen (secondary N) is 1. The first kappa shape index (κ1) is 18.5. The maximum absolute atomic E-state index is 11.3. The molecule has 0 unspecified atom stereocenters. The molecule has 0 atom stereocenters. The largest absolute Gasteiger partial charge is 0.546 e.